The highest BCUT2D eigenvalue weighted by Gasteiger charge is 2.64. The number of ether oxygens (including phenoxy) is 1. The second-order valence-electron chi connectivity index (χ2n) is 9.43. The quantitative estimate of drug-likeness (QED) is 0.306. The maximum atomic E-state index is 13.9. The molecule has 2 saturated heterocycles. The molecule has 0 saturated carbocycles. The van der Waals surface area contributed by atoms with Crippen molar-refractivity contribution in [1.29, 1.82) is 0 Å². The Hall–Kier alpha value is -4.43. The molecule has 3 amide bonds. The van der Waals surface area contributed by atoms with Crippen LogP contribution >= 0.6 is 11.6 Å². The highest BCUT2D eigenvalue weighted by atomic mass is 35.5. The highest BCUT2D eigenvalue weighted by Crippen LogP contribution is 2.53. The van der Waals surface area contributed by atoms with Gasteiger partial charge in [-0.2, -0.15) is 0 Å². The van der Waals surface area contributed by atoms with E-state index in [2.05, 4.69) is 5.32 Å². The summed E-state index contributed by atoms with van der Waals surface area (Å²) in [4.78, 5) is 55.8. The van der Waals surface area contributed by atoms with Crippen LogP contribution in [0.3, 0.4) is 0 Å². The number of amides is 3. The SMILES string of the molecule is CC(=O)Oc1ccc(N2C(=O)[C@@H]3[C@H](C2=O)[C@H]2c4ccccc4C=CN2[C@@H]3C(=O)Nc2ccc(Cl)cc2)cc1. The second kappa shape index (κ2) is 9.15. The van der Waals surface area contributed by atoms with Crippen molar-refractivity contribution in [2.45, 2.75) is 19.0 Å². The number of nitrogens with one attached hydrogen (secondary N) is 1. The highest BCUT2D eigenvalue weighted by molar-refractivity contribution is 6.30. The lowest BCUT2D eigenvalue weighted by Gasteiger charge is -2.35. The molecule has 8 nitrogen and oxygen atoms in total. The minimum Gasteiger partial charge on any atom is -0.427 e. The molecule has 3 aromatic carbocycles. The maximum Gasteiger partial charge on any atom is 0.308 e. The van der Waals surface area contributed by atoms with Gasteiger partial charge in [0.15, 0.2) is 0 Å². The van der Waals surface area contributed by atoms with Crippen molar-refractivity contribution in [3.8, 4) is 5.75 Å². The fourth-order valence-corrected chi connectivity index (χ4v) is 5.82. The van der Waals surface area contributed by atoms with Gasteiger partial charge in [-0.3, -0.25) is 19.2 Å². The zero-order valence-corrected chi connectivity index (χ0v) is 21.0. The summed E-state index contributed by atoms with van der Waals surface area (Å²) >= 11 is 5.99. The number of imide groups is 1. The Kier molecular flexibility index (Phi) is 5.76. The van der Waals surface area contributed by atoms with Crippen molar-refractivity contribution in [2.24, 2.45) is 11.8 Å². The van der Waals surface area contributed by atoms with Gasteiger partial charge in [-0.25, -0.2) is 4.90 Å². The van der Waals surface area contributed by atoms with Crippen LogP contribution in [0.4, 0.5) is 11.4 Å². The standard InChI is InChI=1S/C29H22ClN3O5/c1-16(34)38-21-12-10-20(11-13-21)33-28(36)23-24(29(33)37)26(27(35)31-19-8-6-18(30)7-9-19)32-15-14-17-4-2-3-5-22(17)25(23)32/h2-15,23-26H,1H3,(H,31,35)/t23-,24+,25+,26-/m0/s1. The first-order valence-corrected chi connectivity index (χ1v) is 12.5. The maximum absolute atomic E-state index is 13.9. The van der Waals surface area contributed by atoms with Crippen molar-refractivity contribution in [3.63, 3.8) is 0 Å². The lowest BCUT2D eigenvalue weighted by Crippen LogP contribution is -2.46. The van der Waals surface area contributed by atoms with Gasteiger partial charge in [0.25, 0.3) is 0 Å². The molecule has 0 radical (unpaired) electrons. The Labute approximate surface area is 223 Å². The third kappa shape index (κ3) is 3.85. The molecule has 0 bridgehead atoms. The molecule has 0 aliphatic carbocycles. The largest absolute Gasteiger partial charge is 0.427 e. The first-order valence-electron chi connectivity index (χ1n) is 12.1. The van der Waals surface area contributed by atoms with E-state index in [1.54, 1.807) is 42.6 Å². The number of carbonyl (C=O) groups excluding carboxylic acids is 4. The summed E-state index contributed by atoms with van der Waals surface area (Å²) in [5, 5.41) is 3.43. The third-order valence-corrected chi connectivity index (χ3v) is 7.45. The minimum absolute atomic E-state index is 0.304. The second-order valence-corrected chi connectivity index (χ2v) is 9.87. The van der Waals surface area contributed by atoms with E-state index < -0.39 is 35.8 Å². The predicted molar refractivity (Wildman–Crippen MR) is 141 cm³/mol. The molecule has 0 aromatic heterocycles. The first-order chi connectivity index (χ1) is 18.3. The molecule has 3 aliphatic heterocycles. The number of hydrogen-bond acceptors (Lipinski definition) is 6. The van der Waals surface area contributed by atoms with E-state index in [1.807, 2.05) is 35.2 Å². The average molecular weight is 528 g/mol. The van der Waals surface area contributed by atoms with Gasteiger partial charge >= 0.3 is 5.97 Å². The van der Waals surface area contributed by atoms with Gasteiger partial charge in [0.05, 0.1) is 23.6 Å². The van der Waals surface area contributed by atoms with E-state index in [-0.39, 0.29) is 11.8 Å². The summed E-state index contributed by atoms with van der Waals surface area (Å²) in [7, 11) is 0. The van der Waals surface area contributed by atoms with Crippen LogP contribution < -0.4 is 15.0 Å². The Bertz CT molecular complexity index is 1500. The zero-order valence-electron chi connectivity index (χ0n) is 20.2. The molecule has 190 valence electrons. The fourth-order valence-electron chi connectivity index (χ4n) is 5.69. The Morgan fingerprint density at radius 3 is 2.29 bits per heavy atom. The van der Waals surface area contributed by atoms with E-state index in [9.17, 15) is 19.2 Å². The number of nitrogens with zero attached hydrogens (tertiary/aromatic N) is 2. The molecule has 4 atom stereocenters. The molecule has 0 unspecified atom stereocenters. The van der Waals surface area contributed by atoms with Crippen molar-refractivity contribution in [2.75, 3.05) is 10.2 Å². The van der Waals surface area contributed by atoms with Crippen molar-refractivity contribution in [3.05, 3.63) is 95.1 Å². The van der Waals surface area contributed by atoms with Crippen LogP contribution in [0.15, 0.2) is 79.0 Å². The van der Waals surface area contributed by atoms with Crippen LogP contribution in [0.25, 0.3) is 6.08 Å². The summed E-state index contributed by atoms with van der Waals surface area (Å²) in [5.74, 6) is -3.04. The molecule has 1 N–H and O–H groups in total. The number of esters is 1. The van der Waals surface area contributed by atoms with Crippen LogP contribution in [-0.4, -0.2) is 34.6 Å². The number of anilines is 2. The smallest absolute Gasteiger partial charge is 0.308 e. The number of halogens is 1. The van der Waals surface area contributed by atoms with E-state index in [1.165, 1.54) is 19.1 Å². The van der Waals surface area contributed by atoms with Crippen molar-refractivity contribution < 1.29 is 23.9 Å². The molecule has 3 aliphatic rings. The van der Waals surface area contributed by atoms with E-state index in [4.69, 9.17) is 16.3 Å². The van der Waals surface area contributed by atoms with Gasteiger partial charge in [-0.1, -0.05) is 35.9 Å². The summed E-state index contributed by atoms with van der Waals surface area (Å²) in [6.45, 7) is 1.29. The average Bonchev–Trinajstić information content (AvgIpc) is 3.38. The molecule has 9 heteroatoms. The van der Waals surface area contributed by atoms with Gasteiger partial charge in [-0.15, -0.1) is 0 Å². The number of rotatable bonds is 4. The number of fused-ring (bicyclic) bond motifs is 5. The number of benzene rings is 3. The summed E-state index contributed by atoms with van der Waals surface area (Å²) in [6, 6.07) is 19.2. The zero-order chi connectivity index (χ0) is 26.6. The van der Waals surface area contributed by atoms with Gasteiger partial charge in [0.2, 0.25) is 17.7 Å². The minimum atomic E-state index is -0.910. The Morgan fingerprint density at radius 2 is 1.58 bits per heavy atom. The lowest BCUT2D eigenvalue weighted by atomic mass is 9.84. The molecule has 2 fully saturated rings. The van der Waals surface area contributed by atoms with E-state index in [0.717, 1.165) is 16.0 Å². The predicted octanol–water partition coefficient (Wildman–Crippen LogP) is 4.42. The molecule has 3 aromatic rings. The summed E-state index contributed by atoms with van der Waals surface area (Å²) < 4.78 is 5.08. The topological polar surface area (TPSA) is 96.0 Å². The molecule has 6 rings (SSSR count). The summed E-state index contributed by atoms with van der Waals surface area (Å²) in [5.41, 5.74) is 2.72. The van der Waals surface area contributed by atoms with Gasteiger partial charge in [0.1, 0.15) is 11.8 Å². The third-order valence-electron chi connectivity index (χ3n) is 7.20. The van der Waals surface area contributed by atoms with Gasteiger partial charge in [-0.05, 0) is 65.7 Å². The number of carbonyl (C=O) groups is 4. The van der Waals surface area contributed by atoms with E-state index in [0.29, 0.717) is 22.1 Å². The molecular weight excluding hydrogens is 506 g/mol. The lowest BCUT2D eigenvalue weighted by molar-refractivity contribution is -0.132. The molecular formula is C29H22ClN3O5. The normalized spacial score (nSPS) is 23.1. The Morgan fingerprint density at radius 1 is 0.895 bits per heavy atom. The Balaban J connectivity index is 1.39. The monoisotopic (exact) mass is 527 g/mol. The molecule has 3 heterocycles. The van der Waals surface area contributed by atoms with Crippen LogP contribution in [0.1, 0.15) is 24.1 Å². The first kappa shape index (κ1) is 23.9. The molecule has 38 heavy (non-hydrogen) atoms. The van der Waals surface area contributed by atoms with Gasteiger partial charge < -0.3 is 15.0 Å². The number of hydrogen-bond donors (Lipinski definition) is 1. The van der Waals surface area contributed by atoms with Crippen LogP contribution in [0.2, 0.25) is 5.02 Å². The van der Waals surface area contributed by atoms with E-state index >= 15 is 0 Å². The van der Waals surface area contributed by atoms with Crippen LogP contribution in [0.5, 0.6) is 5.75 Å². The van der Waals surface area contributed by atoms with Gasteiger partial charge in [0, 0.05) is 23.8 Å². The van der Waals surface area contributed by atoms with Crippen molar-refractivity contribution >= 4 is 52.7 Å². The van der Waals surface area contributed by atoms with Crippen molar-refractivity contribution in [1.82, 2.24) is 4.90 Å². The van der Waals surface area contributed by atoms with Crippen LogP contribution in [-0.2, 0) is 19.2 Å². The summed E-state index contributed by atoms with van der Waals surface area (Å²) in [6.07, 6.45) is 3.70. The van der Waals surface area contributed by atoms with Crippen LogP contribution in [0, 0.1) is 11.8 Å². The molecule has 0 spiro atoms. The fraction of sp³-hybridized carbons (Fsp3) is 0.172.